The SMILES string of the molecule is O=CCC(C(=O)O)c1cc2c3ccccc3ccc2c2ccccc12. The van der Waals surface area contributed by atoms with Crippen molar-refractivity contribution in [1.29, 1.82) is 0 Å². The predicted octanol–water partition coefficient (Wildman–Crippen LogP) is 4.90. The largest absolute Gasteiger partial charge is 0.481 e. The zero-order valence-electron chi connectivity index (χ0n) is 13.5. The van der Waals surface area contributed by atoms with Crippen LogP contribution in [0, 0.1) is 0 Å². The summed E-state index contributed by atoms with van der Waals surface area (Å²) < 4.78 is 0. The van der Waals surface area contributed by atoms with Crippen molar-refractivity contribution < 1.29 is 14.7 Å². The third-order valence-corrected chi connectivity index (χ3v) is 4.80. The Bertz CT molecular complexity index is 1130. The number of carboxylic acids is 1. The summed E-state index contributed by atoms with van der Waals surface area (Å²) in [6, 6.07) is 22.0. The number of aliphatic carboxylic acids is 1. The van der Waals surface area contributed by atoms with Crippen LogP contribution in [0.25, 0.3) is 32.3 Å². The Morgan fingerprint density at radius 3 is 2.20 bits per heavy atom. The molecule has 0 saturated carbocycles. The van der Waals surface area contributed by atoms with Crippen LogP contribution in [0.15, 0.2) is 66.7 Å². The van der Waals surface area contributed by atoms with E-state index in [-0.39, 0.29) is 6.42 Å². The van der Waals surface area contributed by atoms with Gasteiger partial charge in [-0.3, -0.25) is 4.79 Å². The van der Waals surface area contributed by atoms with Gasteiger partial charge in [0.2, 0.25) is 0 Å². The minimum atomic E-state index is -0.975. The maximum Gasteiger partial charge on any atom is 0.311 e. The molecule has 0 spiro atoms. The van der Waals surface area contributed by atoms with Crippen molar-refractivity contribution >= 4 is 44.6 Å². The third kappa shape index (κ3) is 2.45. The Morgan fingerprint density at radius 2 is 1.48 bits per heavy atom. The van der Waals surface area contributed by atoms with Gasteiger partial charge in [-0.2, -0.15) is 0 Å². The quantitative estimate of drug-likeness (QED) is 0.428. The number of carboxylic acid groups (broad SMARTS) is 1. The van der Waals surface area contributed by atoms with Gasteiger partial charge in [0.1, 0.15) is 6.29 Å². The number of carbonyl (C=O) groups is 2. The molecule has 1 N–H and O–H groups in total. The van der Waals surface area contributed by atoms with Gasteiger partial charge in [0.25, 0.3) is 0 Å². The van der Waals surface area contributed by atoms with Crippen LogP contribution in [-0.4, -0.2) is 17.4 Å². The van der Waals surface area contributed by atoms with Crippen molar-refractivity contribution in [1.82, 2.24) is 0 Å². The van der Waals surface area contributed by atoms with Gasteiger partial charge in [-0.25, -0.2) is 0 Å². The van der Waals surface area contributed by atoms with Crippen molar-refractivity contribution in [3.8, 4) is 0 Å². The molecular formula is C22H16O3. The van der Waals surface area contributed by atoms with Crippen LogP contribution in [0.5, 0.6) is 0 Å². The molecule has 0 bridgehead atoms. The number of carbonyl (C=O) groups excluding carboxylic acids is 1. The second kappa shape index (κ2) is 6.02. The number of rotatable bonds is 4. The van der Waals surface area contributed by atoms with Gasteiger partial charge in [0.05, 0.1) is 5.92 Å². The molecule has 3 heteroatoms. The summed E-state index contributed by atoms with van der Waals surface area (Å²) in [4.78, 5) is 22.8. The Morgan fingerprint density at radius 1 is 0.840 bits per heavy atom. The van der Waals surface area contributed by atoms with Gasteiger partial charge in [0, 0.05) is 6.42 Å². The normalized spacial score (nSPS) is 12.5. The Kier molecular flexibility index (Phi) is 3.69. The number of hydrogen-bond donors (Lipinski definition) is 1. The fraction of sp³-hybridized carbons (Fsp3) is 0.0909. The van der Waals surface area contributed by atoms with Crippen LogP contribution >= 0.6 is 0 Å². The summed E-state index contributed by atoms with van der Waals surface area (Å²) in [5.74, 6) is -1.82. The molecule has 4 aromatic rings. The van der Waals surface area contributed by atoms with Crippen LogP contribution in [0.1, 0.15) is 17.9 Å². The number of hydrogen-bond acceptors (Lipinski definition) is 2. The van der Waals surface area contributed by atoms with Crippen LogP contribution in [0.2, 0.25) is 0 Å². The summed E-state index contributed by atoms with van der Waals surface area (Å²) in [5, 5.41) is 15.8. The molecule has 0 heterocycles. The van der Waals surface area contributed by atoms with Crippen molar-refractivity contribution in [3.63, 3.8) is 0 Å². The summed E-state index contributed by atoms with van der Waals surface area (Å²) in [5.41, 5.74) is 0.694. The fourth-order valence-corrected chi connectivity index (χ4v) is 3.63. The van der Waals surface area contributed by atoms with Crippen LogP contribution in [-0.2, 0) is 9.59 Å². The summed E-state index contributed by atoms with van der Waals surface area (Å²) in [6.07, 6.45) is 0.649. The minimum absolute atomic E-state index is 0.0321. The first-order valence-electron chi connectivity index (χ1n) is 8.20. The molecule has 25 heavy (non-hydrogen) atoms. The topological polar surface area (TPSA) is 54.4 Å². The molecule has 0 amide bonds. The standard InChI is InChI=1S/C22H16O3/c23-12-11-19(22(24)25)21-13-20-15-6-2-1-5-14(15)9-10-18(20)16-7-3-4-8-17(16)21/h1-10,12-13,19H,11H2,(H,24,25). The van der Waals surface area contributed by atoms with E-state index in [1.54, 1.807) is 0 Å². The smallest absolute Gasteiger partial charge is 0.311 e. The van der Waals surface area contributed by atoms with Crippen molar-refractivity contribution in [2.45, 2.75) is 12.3 Å². The molecule has 0 aliphatic carbocycles. The van der Waals surface area contributed by atoms with E-state index in [1.807, 2.05) is 54.6 Å². The molecule has 0 aliphatic rings. The molecule has 1 atom stereocenters. The Labute approximate surface area is 144 Å². The van der Waals surface area contributed by atoms with E-state index < -0.39 is 11.9 Å². The molecule has 0 fully saturated rings. The first kappa shape index (κ1) is 15.3. The van der Waals surface area contributed by atoms with Gasteiger partial charge in [-0.15, -0.1) is 0 Å². The number of benzene rings is 4. The zero-order chi connectivity index (χ0) is 17.4. The highest BCUT2D eigenvalue weighted by atomic mass is 16.4. The lowest BCUT2D eigenvalue weighted by Gasteiger charge is -2.16. The van der Waals surface area contributed by atoms with Crippen LogP contribution in [0.4, 0.5) is 0 Å². The van der Waals surface area contributed by atoms with Gasteiger partial charge >= 0.3 is 5.97 Å². The van der Waals surface area contributed by atoms with E-state index in [1.165, 1.54) is 0 Å². The molecule has 122 valence electrons. The molecule has 3 nitrogen and oxygen atoms in total. The molecule has 0 aromatic heterocycles. The second-order valence-electron chi connectivity index (χ2n) is 6.19. The van der Waals surface area contributed by atoms with E-state index in [4.69, 9.17) is 0 Å². The maximum atomic E-state index is 11.8. The van der Waals surface area contributed by atoms with E-state index in [0.29, 0.717) is 11.8 Å². The highest BCUT2D eigenvalue weighted by Gasteiger charge is 2.23. The minimum Gasteiger partial charge on any atom is -0.481 e. The molecule has 1 unspecified atom stereocenters. The van der Waals surface area contributed by atoms with Gasteiger partial charge < -0.3 is 9.90 Å². The van der Waals surface area contributed by atoms with Crippen molar-refractivity contribution in [2.24, 2.45) is 0 Å². The molecule has 0 aliphatic heterocycles. The predicted molar refractivity (Wildman–Crippen MR) is 100 cm³/mol. The molecule has 0 saturated heterocycles. The van der Waals surface area contributed by atoms with E-state index >= 15 is 0 Å². The van der Waals surface area contributed by atoms with Crippen LogP contribution < -0.4 is 0 Å². The summed E-state index contributed by atoms with van der Waals surface area (Å²) in [7, 11) is 0. The highest BCUT2D eigenvalue weighted by molar-refractivity contribution is 6.18. The molecule has 4 aromatic carbocycles. The number of aldehydes is 1. The maximum absolute atomic E-state index is 11.8. The molecule has 0 radical (unpaired) electrons. The van der Waals surface area contributed by atoms with Gasteiger partial charge in [0.15, 0.2) is 0 Å². The third-order valence-electron chi connectivity index (χ3n) is 4.80. The van der Waals surface area contributed by atoms with Crippen molar-refractivity contribution in [3.05, 3.63) is 72.3 Å². The van der Waals surface area contributed by atoms with Gasteiger partial charge in [-0.05, 0) is 43.9 Å². The monoisotopic (exact) mass is 328 g/mol. The molecular weight excluding hydrogens is 312 g/mol. The summed E-state index contributed by atoms with van der Waals surface area (Å²) in [6.45, 7) is 0. The van der Waals surface area contributed by atoms with E-state index in [9.17, 15) is 14.7 Å². The average molecular weight is 328 g/mol. The lowest BCUT2D eigenvalue weighted by Crippen LogP contribution is -2.12. The van der Waals surface area contributed by atoms with Crippen LogP contribution in [0.3, 0.4) is 0 Å². The molecule has 4 rings (SSSR count). The van der Waals surface area contributed by atoms with E-state index in [0.717, 1.165) is 32.3 Å². The Balaban J connectivity index is 2.18. The Hall–Kier alpha value is -3.20. The average Bonchev–Trinajstić information content (AvgIpc) is 2.65. The lowest BCUT2D eigenvalue weighted by atomic mass is 9.87. The summed E-state index contributed by atoms with van der Waals surface area (Å²) >= 11 is 0. The number of fused-ring (bicyclic) bond motifs is 5. The zero-order valence-corrected chi connectivity index (χ0v) is 13.5. The lowest BCUT2D eigenvalue weighted by molar-refractivity contribution is -0.139. The highest BCUT2D eigenvalue weighted by Crippen LogP contribution is 2.37. The first-order chi connectivity index (χ1) is 12.2. The van der Waals surface area contributed by atoms with E-state index in [2.05, 4.69) is 12.1 Å². The van der Waals surface area contributed by atoms with Gasteiger partial charge in [-0.1, -0.05) is 60.7 Å². The van der Waals surface area contributed by atoms with Crippen molar-refractivity contribution in [2.75, 3.05) is 0 Å². The fourth-order valence-electron chi connectivity index (χ4n) is 3.63. The first-order valence-corrected chi connectivity index (χ1v) is 8.20. The second-order valence-corrected chi connectivity index (χ2v) is 6.19.